The normalized spacial score (nSPS) is 18.9. The van der Waals surface area contributed by atoms with Gasteiger partial charge in [-0.25, -0.2) is 0 Å². The first-order valence-corrected chi connectivity index (χ1v) is 9.56. The number of hydrogen-bond acceptors (Lipinski definition) is 4. The summed E-state index contributed by atoms with van der Waals surface area (Å²) in [6, 6.07) is 12.0. The Labute approximate surface area is 153 Å². The molecule has 25 heavy (non-hydrogen) atoms. The van der Waals surface area contributed by atoms with E-state index in [9.17, 15) is 0 Å². The van der Waals surface area contributed by atoms with Crippen molar-refractivity contribution in [1.82, 2.24) is 4.90 Å². The van der Waals surface area contributed by atoms with Crippen LogP contribution >= 0.6 is 11.3 Å². The van der Waals surface area contributed by atoms with Gasteiger partial charge in [0.1, 0.15) is 5.75 Å². The molecule has 2 aromatic rings. The van der Waals surface area contributed by atoms with Crippen LogP contribution in [0.15, 0.2) is 46.8 Å². The summed E-state index contributed by atoms with van der Waals surface area (Å²) in [6.45, 7) is 4.10. The Morgan fingerprint density at radius 3 is 2.92 bits per heavy atom. The first-order valence-electron chi connectivity index (χ1n) is 8.68. The van der Waals surface area contributed by atoms with Crippen molar-refractivity contribution in [3.63, 3.8) is 0 Å². The van der Waals surface area contributed by atoms with Crippen LogP contribution in [0.25, 0.3) is 0 Å². The summed E-state index contributed by atoms with van der Waals surface area (Å²) in [6.07, 6.45) is 2.46. The molecule has 0 radical (unpaired) electrons. The predicted molar refractivity (Wildman–Crippen MR) is 105 cm³/mol. The lowest BCUT2D eigenvalue weighted by atomic mass is 9.98. The first-order chi connectivity index (χ1) is 12.2. The third-order valence-corrected chi connectivity index (χ3v) is 5.31. The van der Waals surface area contributed by atoms with Crippen LogP contribution in [-0.4, -0.2) is 37.6 Å². The number of rotatable bonds is 6. The van der Waals surface area contributed by atoms with E-state index in [-0.39, 0.29) is 0 Å². The van der Waals surface area contributed by atoms with Gasteiger partial charge < -0.3 is 15.8 Å². The van der Waals surface area contributed by atoms with Crippen LogP contribution in [0.3, 0.4) is 0 Å². The summed E-state index contributed by atoms with van der Waals surface area (Å²) < 4.78 is 5.16. The Morgan fingerprint density at radius 1 is 1.36 bits per heavy atom. The van der Waals surface area contributed by atoms with E-state index in [0.29, 0.717) is 11.9 Å². The first kappa shape index (κ1) is 17.8. The molecule has 1 fully saturated rings. The molecular formula is C19H26N4OS. The molecule has 0 spiro atoms. The summed E-state index contributed by atoms with van der Waals surface area (Å²) in [5.41, 5.74) is 6.95. The maximum atomic E-state index is 6.03. The smallest absolute Gasteiger partial charge is 0.193 e. The highest BCUT2D eigenvalue weighted by atomic mass is 32.1. The lowest BCUT2D eigenvalue weighted by Gasteiger charge is -2.31. The van der Waals surface area contributed by atoms with Crippen LogP contribution in [-0.2, 0) is 6.54 Å². The Balaban J connectivity index is 1.48. The van der Waals surface area contributed by atoms with Gasteiger partial charge in [-0.3, -0.25) is 9.89 Å². The molecule has 1 atom stereocenters. The average molecular weight is 359 g/mol. The maximum Gasteiger partial charge on any atom is 0.193 e. The molecule has 0 amide bonds. The molecule has 5 nitrogen and oxygen atoms in total. The van der Waals surface area contributed by atoms with Gasteiger partial charge in [0.25, 0.3) is 0 Å². The fourth-order valence-electron chi connectivity index (χ4n) is 3.16. The average Bonchev–Trinajstić information content (AvgIpc) is 3.14. The molecule has 1 aromatic carbocycles. The summed E-state index contributed by atoms with van der Waals surface area (Å²) in [7, 11) is 1.66. The number of methoxy groups -OCH3 is 1. The topological polar surface area (TPSA) is 62.9 Å². The summed E-state index contributed by atoms with van der Waals surface area (Å²) in [5, 5.41) is 5.29. The molecule has 6 heteroatoms. The van der Waals surface area contributed by atoms with Crippen molar-refractivity contribution in [2.45, 2.75) is 19.4 Å². The number of benzene rings is 1. The fraction of sp³-hybridized carbons (Fsp3) is 0.421. The standard InChI is InChI=1S/C19H26N4OS/c1-24-17-8-6-16(7-9-17)22-19(20)21-12-15-4-2-10-23(13-15)14-18-5-3-11-25-18/h3,5-9,11,15H,2,4,10,12-14H2,1H3,(H3,20,21,22). The minimum absolute atomic E-state index is 0.473. The molecule has 0 bridgehead atoms. The molecule has 134 valence electrons. The Hall–Kier alpha value is -2.05. The van der Waals surface area contributed by atoms with E-state index in [1.807, 2.05) is 35.6 Å². The van der Waals surface area contributed by atoms with Gasteiger partial charge in [0.15, 0.2) is 5.96 Å². The van der Waals surface area contributed by atoms with Crippen LogP contribution in [0.1, 0.15) is 17.7 Å². The lowest BCUT2D eigenvalue weighted by molar-refractivity contribution is 0.172. The van der Waals surface area contributed by atoms with E-state index < -0.39 is 0 Å². The molecule has 1 saturated heterocycles. The number of anilines is 1. The largest absolute Gasteiger partial charge is 0.497 e. The van der Waals surface area contributed by atoms with E-state index >= 15 is 0 Å². The molecule has 1 aliphatic rings. The molecule has 3 rings (SSSR count). The van der Waals surface area contributed by atoms with E-state index in [0.717, 1.165) is 31.1 Å². The number of piperidine rings is 1. The monoisotopic (exact) mass is 358 g/mol. The van der Waals surface area contributed by atoms with Crippen molar-refractivity contribution in [1.29, 1.82) is 0 Å². The second-order valence-electron chi connectivity index (χ2n) is 6.40. The van der Waals surface area contributed by atoms with Gasteiger partial charge in [-0.2, -0.15) is 0 Å². The van der Waals surface area contributed by atoms with Gasteiger partial charge in [-0.1, -0.05) is 6.07 Å². The number of nitrogens with one attached hydrogen (secondary N) is 1. The van der Waals surface area contributed by atoms with Crippen LogP contribution < -0.4 is 15.8 Å². The minimum Gasteiger partial charge on any atom is -0.497 e. The molecule has 2 heterocycles. The van der Waals surface area contributed by atoms with Gasteiger partial charge in [0, 0.05) is 30.2 Å². The Bertz CT molecular complexity index is 669. The number of guanidine groups is 1. The number of aliphatic imine (C=N–C) groups is 1. The van der Waals surface area contributed by atoms with Crippen molar-refractivity contribution in [3.05, 3.63) is 46.7 Å². The van der Waals surface area contributed by atoms with Gasteiger partial charge in [-0.15, -0.1) is 11.3 Å². The van der Waals surface area contributed by atoms with E-state index in [1.54, 1.807) is 7.11 Å². The third kappa shape index (κ3) is 5.47. The van der Waals surface area contributed by atoms with Gasteiger partial charge in [-0.05, 0) is 61.0 Å². The molecule has 0 saturated carbocycles. The zero-order valence-electron chi connectivity index (χ0n) is 14.6. The Morgan fingerprint density at radius 2 is 2.20 bits per heavy atom. The van der Waals surface area contributed by atoms with Gasteiger partial charge >= 0.3 is 0 Å². The maximum absolute atomic E-state index is 6.03. The third-order valence-electron chi connectivity index (χ3n) is 4.44. The molecule has 0 aliphatic carbocycles. The highest BCUT2D eigenvalue weighted by molar-refractivity contribution is 7.09. The van der Waals surface area contributed by atoms with Crippen LogP contribution in [0.2, 0.25) is 0 Å². The molecule has 3 N–H and O–H groups in total. The Kier molecular flexibility index (Phi) is 6.30. The van der Waals surface area contributed by atoms with Crippen molar-refractivity contribution in [2.24, 2.45) is 16.6 Å². The molecular weight excluding hydrogens is 332 g/mol. The van der Waals surface area contributed by atoms with Gasteiger partial charge in [0.05, 0.1) is 7.11 Å². The molecule has 1 aromatic heterocycles. The van der Waals surface area contributed by atoms with Crippen LogP contribution in [0.5, 0.6) is 5.75 Å². The highest BCUT2D eigenvalue weighted by Gasteiger charge is 2.20. The van der Waals surface area contributed by atoms with E-state index in [4.69, 9.17) is 10.5 Å². The number of thiophene rings is 1. The summed E-state index contributed by atoms with van der Waals surface area (Å²) >= 11 is 1.83. The summed E-state index contributed by atoms with van der Waals surface area (Å²) in [4.78, 5) is 8.51. The number of ether oxygens (including phenoxy) is 1. The van der Waals surface area contributed by atoms with Crippen molar-refractivity contribution in [3.8, 4) is 5.75 Å². The molecule has 1 unspecified atom stereocenters. The van der Waals surface area contributed by atoms with Gasteiger partial charge in [0.2, 0.25) is 0 Å². The second-order valence-corrected chi connectivity index (χ2v) is 7.43. The van der Waals surface area contributed by atoms with Crippen molar-refractivity contribution in [2.75, 3.05) is 32.1 Å². The van der Waals surface area contributed by atoms with E-state index in [1.165, 1.54) is 24.3 Å². The van der Waals surface area contributed by atoms with Crippen LogP contribution in [0.4, 0.5) is 5.69 Å². The summed E-state index contributed by atoms with van der Waals surface area (Å²) in [5.74, 6) is 1.87. The number of hydrogen-bond donors (Lipinski definition) is 2. The zero-order chi connectivity index (χ0) is 17.5. The van der Waals surface area contributed by atoms with E-state index in [2.05, 4.69) is 32.7 Å². The zero-order valence-corrected chi connectivity index (χ0v) is 15.5. The quantitative estimate of drug-likeness (QED) is 0.614. The molecule has 1 aliphatic heterocycles. The van der Waals surface area contributed by atoms with Crippen molar-refractivity contribution < 1.29 is 4.74 Å². The number of likely N-dealkylation sites (tertiary alicyclic amines) is 1. The number of nitrogens with zero attached hydrogens (tertiary/aromatic N) is 2. The second kappa shape index (κ2) is 8.87. The fourth-order valence-corrected chi connectivity index (χ4v) is 3.90. The van der Waals surface area contributed by atoms with Crippen molar-refractivity contribution >= 4 is 23.0 Å². The predicted octanol–water partition coefficient (Wildman–Crippen LogP) is 3.40. The lowest BCUT2D eigenvalue weighted by Crippen LogP contribution is -2.36. The SMILES string of the molecule is COc1ccc(NC(N)=NCC2CCCN(Cc3cccs3)C2)cc1. The highest BCUT2D eigenvalue weighted by Crippen LogP contribution is 2.21. The number of nitrogens with two attached hydrogens (primary N) is 1. The minimum atomic E-state index is 0.473. The van der Waals surface area contributed by atoms with Crippen LogP contribution in [0, 0.1) is 5.92 Å².